The van der Waals surface area contributed by atoms with Crippen LogP contribution in [0, 0.1) is 6.92 Å². The first-order chi connectivity index (χ1) is 21.2. The monoisotopic (exact) mass is 591 g/mol. The third-order valence-corrected chi connectivity index (χ3v) is 10.9. The molecule has 8 rings (SSSR count). The molecule has 2 aromatic heterocycles. The third-order valence-electron chi connectivity index (χ3n) is 9.77. The molecule has 3 nitrogen and oxygen atoms in total. The number of para-hydroxylation sites is 1. The third kappa shape index (κ3) is 3.90. The molecule has 0 bridgehead atoms. The summed E-state index contributed by atoms with van der Waals surface area (Å²) in [5, 5.41) is 4.86. The van der Waals surface area contributed by atoms with E-state index >= 15 is 0 Å². The molecule has 1 aliphatic rings. The zero-order chi connectivity index (χ0) is 30.4. The molecule has 216 valence electrons. The van der Waals surface area contributed by atoms with E-state index in [1.807, 2.05) is 17.4 Å². The Bertz CT molecular complexity index is 2270. The highest BCUT2D eigenvalue weighted by Crippen LogP contribution is 2.45. The molecule has 7 aromatic rings. The highest BCUT2D eigenvalue weighted by atomic mass is 32.1. The molecule has 0 radical (unpaired) electrons. The van der Waals surface area contributed by atoms with Gasteiger partial charge in [0, 0.05) is 31.9 Å². The van der Waals surface area contributed by atoms with Gasteiger partial charge in [-0.3, -0.25) is 0 Å². The highest BCUT2D eigenvalue weighted by Gasteiger charge is 2.52. The van der Waals surface area contributed by atoms with Crippen molar-refractivity contribution in [3.8, 4) is 16.8 Å². The molecule has 5 aromatic carbocycles. The Labute approximate surface area is 262 Å². The fourth-order valence-corrected chi connectivity index (χ4v) is 8.04. The summed E-state index contributed by atoms with van der Waals surface area (Å²) >= 11 is 1.85. The SMILES string of the molecule is C=Cc1cc(-n2c3ccccc3c3cc(B4OC(C)(C)C(C)(C)O4)c4c5ccccc5sc4c32)ccc1-c1ccccc1C. The van der Waals surface area contributed by atoms with Crippen LogP contribution in [-0.4, -0.2) is 22.9 Å². The van der Waals surface area contributed by atoms with E-state index in [-0.39, 0.29) is 0 Å². The zero-order valence-corrected chi connectivity index (χ0v) is 26.6. The Kier molecular flexibility index (Phi) is 6.02. The van der Waals surface area contributed by atoms with Crippen LogP contribution in [-0.2, 0) is 9.31 Å². The van der Waals surface area contributed by atoms with Crippen LogP contribution in [0.4, 0.5) is 0 Å². The van der Waals surface area contributed by atoms with Gasteiger partial charge in [-0.2, -0.15) is 0 Å². The van der Waals surface area contributed by atoms with Gasteiger partial charge in [-0.25, -0.2) is 0 Å². The van der Waals surface area contributed by atoms with Crippen molar-refractivity contribution in [2.45, 2.75) is 45.8 Å². The largest absolute Gasteiger partial charge is 0.495 e. The molecular weight excluding hydrogens is 557 g/mol. The Morgan fingerprint density at radius 2 is 1.43 bits per heavy atom. The van der Waals surface area contributed by atoms with E-state index in [2.05, 4.69) is 143 Å². The lowest BCUT2D eigenvalue weighted by atomic mass is 9.75. The van der Waals surface area contributed by atoms with Gasteiger partial charge in [-0.15, -0.1) is 11.3 Å². The van der Waals surface area contributed by atoms with Gasteiger partial charge in [-0.05, 0) is 86.6 Å². The molecule has 0 spiro atoms. The van der Waals surface area contributed by atoms with Crippen LogP contribution in [0.5, 0.6) is 0 Å². The first-order valence-electron chi connectivity index (χ1n) is 15.2. The molecule has 0 atom stereocenters. The number of fused-ring (bicyclic) bond motifs is 7. The van der Waals surface area contributed by atoms with E-state index in [1.54, 1.807) is 0 Å². The second-order valence-corrected chi connectivity index (χ2v) is 13.9. The quantitative estimate of drug-likeness (QED) is 0.190. The summed E-state index contributed by atoms with van der Waals surface area (Å²) in [6, 6.07) is 35.1. The number of aryl methyl sites for hydroxylation is 1. The number of benzene rings is 5. The number of nitrogens with zero attached hydrogens (tertiary/aromatic N) is 1. The van der Waals surface area contributed by atoms with Crippen LogP contribution < -0.4 is 5.46 Å². The van der Waals surface area contributed by atoms with Crippen LogP contribution in [0.2, 0.25) is 0 Å². The van der Waals surface area contributed by atoms with E-state index in [1.165, 1.54) is 58.7 Å². The first kappa shape index (κ1) is 27.4. The lowest BCUT2D eigenvalue weighted by Gasteiger charge is -2.32. The maximum absolute atomic E-state index is 6.69. The smallest absolute Gasteiger partial charge is 0.399 e. The average molecular weight is 592 g/mol. The molecule has 0 aliphatic carbocycles. The van der Waals surface area contributed by atoms with Crippen molar-refractivity contribution in [2.75, 3.05) is 0 Å². The van der Waals surface area contributed by atoms with Crippen molar-refractivity contribution in [3.05, 3.63) is 115 Å². The van der Waals surface area contributed by atoms with Crippen molar-refractivity contribution in [2.24, 2.45) is 0 Å². The fraction of sp³-hybridized carbons (Fsp3) is 0.179. The van der Waals surface area contributed by atoms with Gasteiger partial charge in [0.05, 0.1) is 26.9 Å². The van der Waals surface area contributed by atoms with Crippen molar-refractivity contribution in [1.29, 1.82) is 0 Å². The molecule has 3 heterocycles. The minimum absolute atomic E-state index is 0.432. The fourth-order valence-electron chi connectivity index (χ4n) is 6.76. The lowest BCUT2D eigenvalue weighted by molar-refractivity contribution is 0.00578. The van der Waals surface area contributed by atoms with Gasteiger partial charge >= 0.3 is 7.12 Å². The predicted molar refractivity (Wildman–Crippen MR) is 190 cm³/mol. The summed E-state index contributed by atoms with van der Waals surface area (Å²) in [4.78, 5) is 0. The Morgan fingerprint density at radius 1 is 0.750 bits per heavy atom. The van der Waals surface area contributed by atoms with Gasteiger partial charge in [0.1, 0.15) is 0 Å². The van der Waals surface area contributed by atoms with Crippen molar-refractivity contribution in [3.63, 3.8) is 0 Å². The topological polar surface area (TPSA) is 23.4 Å². The van der Waals surface area contributed by atoms with Gasteiger partial charge in [0.15, 0.2) is 0 Å². The minimum atomic E-state index is -0.465. The van der Waals surface area contributed by atoms with E-state index in [0.717, 1.165) is 16.7 Å². The molecular formula is C39H34BNO2S. The number of aromatic nitrogens is 1. The Hall–Kier alpha value is -4.16. The van der Waals surface area contributed by atoms with E-state index in [9.17, 15) is 0 Å². The zero-order valence-electron chi connectivity index (χ0n) is 25.8. The summed E-state index contributed by atoms with van der Waals surface area (Å²) in [6.07, 6.45) is 1.98. The van der Waals surface area contributed by atoms with E-state index in [0.29, 0.717) is 0 Å². The summed E-state index contributed by atoms with van der Waals surface area (Å²) in [5.74, 6) is 0. The molecule has 0 unspecified atom stereocenters. The van der Waals surface area contributed by atoms with Gasteiger partial charge in [0.2, 0.25) is 0 Å². The van der Waals surface area contributed by atoms with Crippen LogP contribution in [0.25, 0.3) is 64.9 Å². The molecule has 0 N–H and O–H groups in total. The molecule has 0 saturated carbocycles. The summed E-state index contributed by atoms with van der Waals surface area (Å²) < 4.78 is 18.3. The average Bonchev–Trinajstić information content (AvgIpc) is 3.63. The van der Waals surface area contributed by atoms with Gasteiger partial charge in [0.25, 0.3) is 0 Å². The molecule has 1 fully saturated rings. The molecule has 1 saturated heterocycles. The standard InChI is InChI=1S/C39H34BNO2S/c1-7-25-22-26(20-21-28(25)27-15-9-8-14-24(27)2)41-33-18-12-10-16-29(33)31-23-32(40-42-38(3,4)39(5,6)43-40)35-30-17-11-13-19-34(30)44-37(35)36(31)41/h7-23H,1H2,2-6H3. The molecule has 5 heteroatoms. The maximum atomic E-state index is 6.69. The van der Waals surface area contributed by atoms with E-state index < -0.39 is 18.3 Å². The van der Waals surface area contributed by atoms with E-state index in [4.69, 9.17) is 9.31 Å². The second kappa shape index (κ2) is 9.67. The number of hydrogen-bond acceptors (Lipinski definition) is 3. The van der Waals surface area contributed by atoms with Crippen LogP contribution in [0.1, 0.15) is 38.8 Å². The van der Waals surface area contributed by atoms with Gasteiger partial charge in [-0.1, -0.05) is 85.5 Å². The summed E-state index contributed by atoms with van der Waals surface area (Å²) in [6.45, 7) is 14.9. The van der Waals surface area contributed by atoms with Gasteiger partial charge < -0.3 is 13.9 Å². The Balaban J connectivity index is 1.47. The molecule has 44 heavy (non-hydrogen) atoms. The molecule has 0 amide bonds. The van der Waals surface area contributed by atoms with Crippen LogP contribution in [0.3, 0.4) is 0 Å². The maximum Gasteiger partial charge on any atom is 0.495 e. The minimum Gasteiger partial charge on any atom is -0.399 e. The normalized spacial score (nSPS) is 16.1. The number of thiophene rings is 1. The number of rotatable bonds is 4. The van der Waals surface area contributed by atoms with Crippen LogP contribution in [0.15, 0.2) is 104 Å². The lowest BCUT2D eigenvalue weighted by Crippen LogP contribution is -2.41. The predicted octanol–water partition coefficient (Wildman–Crippen LogP) is 10.1. The first-order valence-corrected chi connectivity index (χ1v) is 16.1. The number of hydrogen-bond donors (Lipinski definition) is 0. The van der Waals surface area contributed by atoms with Crippen molar-refractivity contribution in [1.82, 2.24) is 4.57 Å². The van der Waals surface area contributed by atoms with Crippen molar-refractivity contribution >= 4 is 72.0 Å². The van der Waals surface area contributed by atoms with Crippen molar-refractivity contribution < 1.29 is 9.31 Å². The second-order valence-electron chi connectivity index (χ2n) is 12.9. The molecule has 1 aliphatic heterocycles. The summed E-state index contributed by atoms with van der Waals surface area (Å²) in [7, 11) is -0.465. The summed E-state index contributed by atoms with van der Waals surface area (Å²) in [5.41, 5.74) is 8.52. The highest BCUT2D eigenvalue weighted by molar-refractivity contribution is 7.27. The van der Waals surface area contributed by atoms with Crippen LogP contribution >= 0.6 is 11.3 Å². The Morgan fingerprint density at radius 3 is 2.18 bits per heavy atom.